The maximum Gasteiger partial charge on any atom is 0.247 e. The van der Waals surface area contributed by atoms with Gasteiger partial charge in [-0.25, -0.2) is 9.97 Å². The maximum atomic E-state index is 12.2. The van der Waals surface area contributed by atoms with Crippen LogP contribution >= 0.6 is 11.6 Å². The standard InChI is InChI=1S/C25H30ClN7O3.C2H6/c1-7-23(34)29-19-13-20(22(36-6)14-21(19)33(4)11-10-32(2)3)30-25-28-15-27-24(31-25)17-9-8-16(35-5)12-18(17)26;1-2/h7-9,12-15H,1,10-11H2,2-6H3,(H,29,34)(H,27,28,30,31);1-2H3. The summed E-state index contributed by atoms with van der Waals surface area (Å²) < 4.78 is 10.8. The first-order valence-corrected chi connectivity index (χ1v) is 12.4. The fourth-order valence-corrected chi connectivity index (χ4v) is 3.57. The lowest BCUT2D eigenvalue weighted by Crippen LogP contribution is -2.29. The molecule has 0 aliphatic heterocycles. The van der Waals surface area contributed by atoms with Crippen LogP contribution in [0.2, 0.25) is 5.02 Å². The van der Waals surface area contributed by atoms with Crippen molar-refractivity contribution in [1.82, 2.24) is 19.9 Å². The summed E-state index contributed by atoms with van der Waals surface area (Å²) in [6, 6.07) is 8.87. The van der Waals surface area contributed by atoms with Gasteiger partial charge in [0.05, 0.1) is 36.3 Å². The Hall–Kier alpha value is -3.89. The third kappa shape index (κ3) is 8.06. The van der Waals surface area contributed by atoms with E-state index in [9.17, 15) is 4.79 Å². The van der Waals surface area contributed by atoms with Gasteiger partial charge in [0.2, 0.25) is 11.9 Å². The van der Waals surface area contributed by atoms with Crippen molar-refractivity contribution < 1.29 is 14.3 Å². The number of rotatable bonds is 11. The second-order valence-electron chi connectivity index (χ2n) is 8.09. The normalized spacial score (nSPS) is 10.2. The Bertz CT molecular complexity index is 1240. The second kappa shape index (κ2) is 14.7. The van der Waals surface area contributed by atoms with E-state index in [0.717, 1.165) is 18.8 Å². The molecule has 0 bridgehead atoms. The highest BCUT2D eigenvalue weighted by Gasteiger charge is 2.17. The molecule has 204 valence electrons. The average molecular weight is 542 g/mol. The molecule has 3 aromatic rings. The lowest BCUT2D eigenvalue weighted by Gasteiger charge is -2.26. The number of aromatic nitrogens is 3. The van der Waals surface area contributed by atoms with E-state index in [1.807, 2.05) is 46.0 Å². The molecular formula is C27H36ClN7O3. The zero-order valence-electron chi connectivity index (χ0n) is 23.0. The first-order chi connectivity index (χ1) is 18.2. The van der Waals surface area contributed by atoms with Gasteiger partial charge in [-0.05, 0) is 44.4 Å². The number of benzene rings is 2. The number of amides is 1. The largest absolute Gasteiger partial charge is 0.497 e. The summed E-state index contributed by atoms with van der Waals surface area (Å²) in [5.74, 6) is 1.51. The van der Waals surface area contributed by atoms with Crippen molar-refractivity contribution in [1.29, 1.82) is 0 Å². The molecule has 3 rings (SSSR count). The SMILES string of the molecule is C=CC(=O)Nc1cc(Nc2ncnc(-c3ccc(OC)cc3Cl)n2)c(OC)cc1N(C)CCN(C)C.CC. The number of ether oxygens (including phenoxy) is 2. The van der Waals surface area contributed by atoms with E-state index in [4.69, 9.17) is 21.1 Å². The van der Waals surface area contributed by atoms with Crippen molar-refractivity contribution in [3.8, 4) is 22.9 Å². The van der Waals surface area contributed by atoms with Gasteiger partial charge in [-0.15, -0.1) is 0 Å². The van der Waals surface area contributed by atoms with Crippen LogP contribution in [-0.2, 0) is 4.79 Å². The van der Waals surface area contributed by atoms with Crippen LogP contribution in [0.4, 0.5) is 23.0 Å². The topological polar surface area (TPSA) is 105 Å². The number of methoxy groups -OCH3 is 2. The smallest absolute Gasteiger partial charge is 0.247 e. The molecule has 11 heteroatoms. The fourth-order valence-electron chi connectivity index (χ4n) is 3.32. The van der Waals surface area contributed by atoms with Gasteiger partial charge in [0.1, 0.15) is 17.8 Å². The molecule has 0 fully saturated rings. The Balaban J connectivity index is 0.00000247. The number of carbonyl (C=O) groups excluding carboxylic acids is 1. The summed E-state index contributed by atoms with van der Waals surface area (Å²) in [6.07, 6.45) is 2.61. The monoisotopic (exact) mass is 541 g/mol. The van der Waals surface area contributed by atoms with Crippen LogP contribution in [0, 0.1) is 0 Å². The highest BCUT2D eigenvalue weighted by Crippen LogP contribution is 2.38. The molecule has 38 heavy (non-hydrogen) atoms. The number of hydrogen-bond acceptors (Lipinski definition) is 9. The van der Waals surface area contributed by atoms with Crippen molar-refractivity contribution in [2.24, 2.45) is 0 Å². The van der Waals surface area contributed by atoms with Gasteiger partial charge in [-0.1, -0.05) is 32.0 Å². The second-order valence-corrected chi connectivity index (χ2v) is 8.50. The third-order valence-electron chi connectivity index (χ3n) is 5.29. The molecule has 10 nitrogen and oxygen atoms in total. The van der Waals surface area contributed by atoms with Crippen LogP contribution < -0.4 is 25.0 Å². The predicted octanol–water partition coefficient (Wildman–Crippen LogP) is 5.10. The van der Waals surface area contributed by atoms with E-state index in [1.54, 1.807) is 38.5 Å². The van der Waals surface area contributed by atoms with E-state index in [-0.39, 0.29) is 11.9 Å². The number of nitrogens with one attached hydrogen (secondary N) is 2. The maximum absolute atomic E-state index is 12.2. The number of nitrogens with zero attached hydrogens (tertiary/aromatic N) is 5. The van der Waals surface area contributed by atoms with Crippen molar-refractivity contribution in [2.75, 3.05) is 64.0 Å². The van der Waals surface area contributed by atoms with Crippen LogP contribution in [0.1, 0.15) is 13.8 Å². The zero-order chi connectivity index (χ0) is 28.2. The average Bonchev–Trinajstić information content (AvgIpc) is 2.92. The van der Waals surface area contributed by atoms with Crippen molar-refractivity contribution in [3.63, 3.8) is 0 Å². The van der Waals surface area contributed by atoms with Gasteiger partial charge >= 0.3 is 0 Å². The lowest BCUT2D eigenvalue weighted by atomic mass is 10.2. The molecule has 0 atom stereocenters. The highest BCUT2D eigenvalue weighted by atomic mass is 35.5. The number of likely N-dealkylation sites (N-methyl/N-ethyl adjacent to an activating group) is 2. The van der Waals surface area contributed by atoms with E-state index >= 15 is 0 Å². The Labute approximate surface area is 229 Å². The summed E-state index contributed by atoms with van der Waals surface area (Å²) >= 11 is 6.40. The molecule has 2 aromatic carbocycles. The van der Waals surface area contributed by atoms with Crippen molar-refractivity contribution in [3.05, 3.63) is 54.3 Å². The number of carbonyl (C=O) groups is 1. The Morgan fingerprint density at radius 2 is 1.79 bits per heavy atom. The molecule has 0 unspecified atom stereocenters. The molecule has 1 heterocycles. The van der Waals surface area contributed by atoms with Gasteiger partial charge in [0.15, 0.2) is 5.82 Å². The Kier molecular flexibility index (Phi) is 11.8. The van der Waals surface area contributed by atoms with Crippen molar-refractivity contribution >= 4 is 40.5 Å². The molecular weight excluding hydrogens is 506 g/mol. The molecule has 0 saturated heterocycles. The number of anilines is 4. The minimum atomic E-state index is -0.329. The summed E-state index contributed by atoms with van der Waals surface area (Å²) in [6.45, 7) is 9.12. The number of halogens is 1. The van der Waals surface area contributed by atoms with Crippen molar-refractivity contribution in [2.45, 2.75) is 13.8 Å². The summed E-state index contributed by atoms with van der Waals surface area (Å²) in [4.78, 5) is 29.3. The summed E-state index contributed by atoms with van der Waals surface area (Å²) in [5.41, 5.74) is 2.55. The van der Waals surface area contributed by atoms with Crippen LogP contribution in [0.15, 0.2) is 49.3 Å². The highest BCUT2D eigenvalue weighted by molar-refractivity contribution is 6.33. The molecule has 0 spiro atoms. The minimum Gasteiger partial charge on any atom is -0.497 e. The van der Waals surface area contributed by atoms with E-state index in [1.165, 1.54) is 12.4 Å². The molecule has 0 aliphatic rings. The van der Waals surface area contributed by atoms with E-state index in [0.29, 0.717) is 39.3 Å². The van der Waals surface area contributed by atoms with Crippen LogP contribution in [0.25, 0.3) is 11.4 Å². The van der Waals surface area contributed by atoms with Crippen LogP contribution in [0.5, 0.6) is 11.5 Å². The molecule has 0 radical (unpaired) electrons. The summed E-state index contributed by atoms with van der Waals surface area (Å²) in [7, 11) is 9.10. The third-order valence-corrected chi connectivity index (χ3v) is 5.60. The quantitative estimate of drug-likeness (QED) is 0.321. The van der Waals surface area contributed by atoms with Gasteiger partial charge in [0, 0.05) is 31.8 Å². The minimum absolute atomic E-state index is 0.278. The van der Waals surface area contributed by atoms with Gasteiger partial charge < -0.3 is 29.9 Å². The molecule has 2 N–H and O–H groups in total. The van der Waals surface area contributed by atoms with E-state index in [2.05, 4.69) is 37.1 Å². The predicted molar refractivity (Wildman–Crippen MR) is 155 cm³/mol. The molecule has 1 amide bonds. The van der Waals surface area contributed by atoms with Gasteiger partial charge in [0.25, 0.3) is 0 Å². The van der Waals surface area contributed by atoms with Gasteiger partial charge in [-0.3, -0.25) is 4.79 Å². The van der Waals surface area contributed by atoms with Crippen LogP contribution in [-0.4, -0.2) is 74.2 Å². The zero-order valence-corrected chi connectivity index (χ0v) is 23.8. The first kappa shape index (κ1) is 30.3. The molecule has 1 aromatic heterocycles. The summed E-state index contributed by atoms with van der Waals surface area (Å²) in [5, 5.41) is 6.48. The van der Waals surface area contributed by atoms with Crippen LogP contribution in [0.3, 0.4) is 0 Å². The lowest BCUT2D eigenvalue weighted by molar-refractivity contribution is -0.111. The van der Waals surface area contributed by atoms with E-state index < -0.39 is 0 Å². The molecule has 0 saturated carbocycles. The first-order valence-electron chi connectivity index (χ1n) is 12.1. The Morgan fingerprint density at radius 3 is 2.39 bits per heavy atom. The Morgan fingerprint density at radius 1 is 1.05 bits per heavy atom. The fraction of sp³-hybridized carbons (Fsp3) is 0.333. The molecule has 0 aliphatic carbocycles. The van der Waals surface area contributed by atoms with Gasteiger partial charge in [-0.2, -0.15) is 4.98 Å². The number of hydrogen-bond donors (Lipinski definition) is 2.